The van der Waals surface area contributed by atoms with Crippen LogP contribution in [0.15, 0.2) is 12.1 Å². The first-order valence-corrected chi connectivity index (χ1v) is 5.73. The molecule has 1 aliphatic heterocycles. The molecule has 2 atom stereocenters. The SMILES string of the molecule is CCC(C)C1Nc2nc(Cl)ccc2NC1=O. The van der Waals surface area contributed by atoms with E-state index < -0.39 is 0 Å². The summed E-state index contributed by atoms with van der Waals surface area (Å²) in [5.74, 6) is 0.900. The van der Waals surface area contributed by atoms with Gasteiger partial charge >= 0.3 is 0 Å². The molecule has 0 bridgehead atoms. The molecule has 2 unspecified atom stereocenters. The monoisotopic (exact) mass is 239 g/mol. The van der Waals surface area contributed by atoms with Crippen molar-refractivity contribution in [3.63, 3.8) is 0 Å². The van der Waals surface area contributed by atoms with E-state index in [2.05, 4.69) is 22.5 Å². The molecule has 86 valence electrons. The highest BCUT2D eigenvalue weighted by molar-refractivity contribution is 6.29. The van der Waals surface area contributed by atoms with E-state index in [9.17, 15) is 4.79 Å². The second kappa shape index (κ2) is 4.29. The zero-order valence-corrected chi connectivity index (χ0v) is 10.0. The van der Waals surface area contributed by atoms with E-state index in [-0.39, 0.29) is 17.9 Å². The normalized spacial score (nSPS) is 20.7. The first kappa shape index (κ1) is 11.2. The highest BCUT2D eigenvalue weighted by Crippen LogP contribution is 2.28. The molecule has 2 N–H and O–H groups in total. The summed E-state index contributed by atoms with van der Waals surface area (Å²) in [6, 6.07) is 3.18. The Balaban J connectivity index is 2.29. The molecule has 0 radical (unpaired) electrons. The minimum absolute atomic E-state index is 0.00836. The van der Waals surface area contributed by atoms with Crippen LogP contribution in [-0.2, 0) is 4.79 Å². The summed E-state index contributed by atoms with van der Waals surface area (Å²) in [4.78, 5) is 16.0. The topological polar surface area (TPSA) is 54.0 Å². The fourth-order valence-electron chi connectivity index (χ4n) is 1.71. The number of rotatable bonds is 2. The summed E-state index contributed by atoms with van der Waals surface area (Å²) < 4.78 is 0. The number of amides is 1. The van der Waals surface area contributed by atoms with Gasteiger partial charge in [0.05, 0.1) is 5.69 Å². The number of halogens is 1. The van der Waals surface area contributed by atoms with Crippen LogP contribution in [0.1, 0.15) is 20.3 Å². The Kier molecular flexibility index (Phi) is 3.01. The molecule has 0 aliphatic carbocycles. The fourth-order valence-corrected chi connectivity index (χ4v) is 1.85. The summed E-state index contributed by atoms with van der Waals surface area (Å²) in [5.41, 5.74) is 0.689. The molecule has 5 heteroatoms. The Bertz CT molecular complexity index is 422. The summed E-state index contributed by atoms with van der Waals surface area (Å²) in [6.45, 7) is 4.09. The fraction of sp³-hybridized carbons (Fsp3) is 0.455. The molecule has 1 aromatic rings. The van der Waals surface area contributed by atoms with Gasteiger partial charge in [-0.2, -0.15) is 0 Å². The van der Waals surface area contributed by atoms with E-state index in [1.54, 1.807) is 12.1 Å². The molecule has 1 aliphatic rings. The Morgan fingerprint density at radius 2 is 2.31 bits per heavy atom. The molecular formula is C11H14ClN3O. The van der Waals surface area contributed by atoms with Gasteiger partial charge in [-0.25, -0.2) is 4.98 Å². The average Bonchev–Trinajstić information content (AvgIpc) is 2.28. The Morgan fingerprint density at radius 3 is 3.00 bits per heavy atom. The standard InChI is InChI=1S/C11H14ClN3O/c1-3-6(2)9-11(16)13-7-4-5-8(12)14-10(7)15-9/h4-6,9H,3H2,1-2H3,(H,13,16)(H,14,15). The van der Waals surface area contributed by atoms with Crippen LogP contribution in [0.5, 0.6) is 0 Å². The van der Waals surface area contributed by atoms with E-state index in [4.69, 9.17) is 11.6 Å². The number of carbonyl (C=O) groups is 1. The quantitative estimate of drug-likeness (QED) is 0.780. The first-order chi connectivity index (χ1) is 7.61. The summed E-state index contributed by atoms with van der Waals surface area (Å²) in [6.07, 6.45) is 0.932. The number of pyridine rings is 1. The molecular weight excluding hydrogens is 226 g/mol. The molecule has 0 saturated carbocycles. The zero-order valence-electron chi connectivity index (χ0n) is 9.25. The van der Waals surface area contributed by atoms with Gasteiger partial charge in [-0.3, -0.25) is 4.79 Å². The molecule has 0 spiro atoms. The molecule has 0 saturated heterocycles. The molecule has 0 fully saturated rings. The van der Waals surface area contributed by atoms with Crippen molar-refractivity contribution in [2.75, 3.05) is 10.6 Å². The lowest BCUT2D eigenvalue weighted by molar-refractivity contribution is -0.118. The maximum Gasteiger partial charge on any atom is 0.247 e. The lowest BCUT2D eigenvalue weighted by Crippen LogP contribution is -2.43. The maximum absolute atomic E-state index is 11.8. The van der Waals surface area contributed by atoms with Gasteiger partial charge in [-0.1, -0.05) is 31.9 Å². The molecule has 1 aromatic heterocycles. The largest absolute Gasteiger partial charge is 0.356 e. The molecule has 2 heterocycles. The van der Waals surface area contributed by atoms with Crippen LogP contribution in [0.4, 0.5) is 11.5 Å². The maximum atomic E-state index is 11.8. The molecule has 2 rings (SSSR count). The highest BCUT2D eigenvalue weighted by Gasteiger charge is 2.29. The van der Waals surface area contributed by atoms with Gasteiger partial charge in [-0.15, -0.1) is 0 Å². The predicted octanol–water partition coefficient (Wildman–Crippen LogP) is 2.51. The van der Waals surface area contributed by atoms with E-state index in [1.807, 2.05) is 6.92 Å². The van der Waals surface area contributed by atoms with Crippen molar-refractivity contribution < 1.29 is 4.79 Å². The van der Waals surface area contributed by atoms with Crippen LogP contribution in [0.25, 0.3) is 0 Å². The third-order valence-electron chi connectivity index (χ3n) is 2.91. The second-order valence-corrected chi connectivity index (χ2v) is 4.41. The van der Waals surface area contributed by atoms with Crippen molar-refractivity contribution in [2.24, 2.45) is 5.92 Å². The number of aromatic nitrogens is 1. The van der Waals surface area contributed by atoms with Gasteiger partial charge in [-0.05, 0) is 18.1 Å². The number of carbonyl (C=O) groups excluding carboxylic acids is 1. The minimum Gasteiger partial charge on any atom is -0.356 e. The van der Waals surface area contributed by atoms with E-state index >= 15 is 0 Å². The smallest absolute Gasteiger partial charge is 0.247 e. The Morgan fingerprint density at radius 1 is 1.56 bits per heavy atom. The van der Waals surface area contributed by atoms with E-state index in [0.29, 0.717) is 16.7 Å². The molecule has 16 heavy (non-hydrogen) atoms. The van der Waals surface area contributed by atoms with Gasteiger partial charge in [0.1, 0.15) is 11.2 Å². The van der Waals surface area contributed by atoms with E-state index in [0.717, 1.165) is 6.42 Å². The number of nitrogens with zero attached hydrogens (tertiary/aromatic N) is 1. The summed E-state index contributed by atoms with van der Waals surface area (Å²) in [7, 11) is 0. The number of fused-ring (bicyclic) bond motifs is 1. The van der Waals surface area contributed by atoms with Gasteiger partial charge in [0.2, 0.25) is 5.91 Å². The zero-order chi connectivity index (χ0) is 11.7. The van der Waals surface area contributed by atoms with Crippen LogP contribution in [0.2, 0.25) is 5.15 Å². The van der Waals surface area contributed by atoms with Crippen molar-refractivity contribution in [2.45, 2.75) is 26.3 Å². The van der Waals surface area contributed by atoms with Crippen LogP contribution in [0, 0.1) is 5.92 Å². The van der Waals surface area contributed by atoms with Crippen LogP contribution in [0.3, 0.4) is 0 Å². The van der Waals surface area contributed by atoms with Crippen molar-refractivity contribution >= 4 is 29.0 Å². The number of anilines is 2. The minimum atomic E-state index is -0.233. The Labute approximate surface area is 99.4 Å². The van der Waals surface area contributed by atoms with Gasteiger partial charge in [0.25, 0.3) is 0 Å². The lowest BCUT2D eigenvalue weighted by Gasteiger charge is -2.29. The van der Waals surface area contributed by atoms with Crippen molar-refractivity contribution in [1.29, 1.82) is 0 Å². The Hall–Kier alpha value is -1.29. The van der Waals surface area contributed by atoms with Gasteiger partial charge < -0.3 is 10.6 Å². The van der Waals surface area contributed by atoms with Crippen LogP contribution >= 0.6 is 11.6 Å². The van der Waals surface area contributed by atoms with Crippen molar-refractivity contribution in [3.05, 3.63) is 17.3 Å². The second-order valence-electron chi connectivity index (χ2n) is 4.03. The number of hydrogen-bond donors (Lipinski definition) is 2. The molecule has 0 aromatic carbocycles. The van der Waals surface area contributed by atoms with E-state index in [1.165, 1.54) is 0 Å². The van der Waals surface area contributed by atoms with Gasteiger partial charge in [0, 0.05) is 0 Å². The van der Waals surface area contributed by atoms with Crippen LogP contribution in [-0.4, -0.2) is 16.9 Å². The number of hydrogen-bond acceptors (Lipinski definition) is 3. The van der Waals surface area contributed by atoms with Crippen LogP contribution < -0.4 is 10.6 Å². The third kappa shape index (κ3) is 1.97. The highest BCUT2D eigenvalue weighted by atomic mass is 35.5. The van der Waals surface area contributed by atoms with Crippen molar-refractivity contribution in [1.82, 2.24) is 4.98 Å². The molecule has 1 amide bonds. The lowest BCUT2D eigenvalue weighted by atomic mass is 9.97. The summed E-state index contributed by atoms with van der Waals surface area (Å²) >= 11 is 5.81. The average molecular weight is 240 g/mol. The predicted molar refractivity (Wildman–Crippen MR) is 64.7 cm³/mol. The first-order valence-electron chi connectivity index (χ1n) is 5.35. The number of nitrogens with one attached hydrogen (secondary N) is 2. The van der Waals surface area contributed by atoms with Crippen molar-refractivity contribution in [3.8, 4) is 0 Å². The van der Waals surface area contributed by atoms with Gasteiger partial charge in [0.15, 0.2) is 5.82 Å². The summed E-state index contributed by atoms with van der Waals surface area (Å²) in [5, 5.41) is 6.38. The third-order valence-corrected chi connectivity index (χ3v) is 3.12. The molecule has 4 nitrogen and oxygen atoms in total.